The Hall–Kier alpha value is -2.88. The van der Waals surface area contributed by atoms with Gasteiger partial charge in [-0.05, 0) is 28.5 Å². The van der Waals surface area contributed by atoms with Gasteiger partial charge in [0.1, 0.15) is 11.9 Å². The molecule has 3 nitrogen and oxygen atoms in total. The van der Waals surface area contributed by atoms with E-state index < -0.39 is 12.0 Å². The predicted octanol–water partition coefficient (Wildman–Crippen LogP) is 3.99. The van der Waals surface area contributed by atoms with E-state index >= 15 is 0 Å². The molecule has 1 atom stereocenters. The van der Waals surface area contributed by atoms with Crippen LogP contribution in [0, 0.1) is 5.82 Å². The van der Waals surface area contributed by atoms with E-state index in [1.165, 1.54) is 6.07 Å². The number of hydrogen-bond donors (Lipinski definition) is 1. The number of benzene rings is 3. The molecule has 1 heterocycles. The fourth-order valence-corrected chi connectivity index (χ4v) is 3.52. The monoisotopic (exact) mass is 321 g/mol. The molecule has 0 bridgehead atoms. The van der Waals surface area contributed by atoms with Crippen LogP contribution in [0.1, 0.15) is 11.1 Å². The van der Waals surface area contributed by atoms with Crippen molar-refractivity contribution in [1.29, 1.82) is 0 Å². The molecule has 4 rings (SSSR count). The summed E-state index contributed by atoms with van der Waals surface area (Å²) >= 11 is 0. The fraction of sp³-hybridized carbons (Fsp3) is 0.150. The quantitative estimate of drug-likeness (QED) is 0.793. The Labute approximate surface area is 139 Å². The highest BCUT2D eigenvalue weighted by Crippen LogP contribution is 2.36. The maximum Gasteiger partial charge on any atom is 0.326 e. The number of aliphatic carboxylic acids is 1. The lowest BCUT2D eigenvalue weighted by Gasteiger charge is -2.25. The van der Waals surface area contributed by atoms with Gasteiger partial charge in [-0.25, -0.2) is 9.18 Å². The summed E-state index contributed by atoms with van der Waals surface area (Å²) in [5.41, 5.74) is 2.21. The molecule has 0 saturated carbocycles. The molecular formula is C20H16FNO2. The molecule has 0 saturated heterocycles. The summed E-state index contributed by atoms with van der Waals surface area (Å²) in [6, 6.07) is 18.1. The Morgan fingerprint density at radius 3 is 2.67 bits per heavy atom. The summed E-state index contributed by atoms with van der Waals surface area (Å²) in [6.07, 6.45) is 0.197. The number of rotatable bonds is 3. The van der Waals surface area contributed by atoms with E-state index in [4.69, 9.17) is 0 Å². The third-order valence-electron chi connectivity index (χ3n) is 4.68. The second kappa shape index (κ2) is 5.64. The molecule has 0 amide bonds. The Morgan fingerprint density at radius 2 is 1.83 bits per heavy atom. The smallest absolute Gasteiger partial charge is 0.326 e. The van der Waals surface area contributed by atoms with E-state index in [1.54, 1.807) is 17.0 Å². The maximum absolute atomic E-state index is 14.1. The summed E-state index contributed by atoms with van der Waals surface area (Å²) in [5.74, 6) is -1.26. The highest BCUT2D eigenvalue weighted by Gasteiger charge is 2.36. The van der Waals surface area contributed by atoms with Gasteiger partial charge in [0, 0.05) is 24.2 Å². The first-order valence-corrected chi connectivity index (χ1v) is 7.88. The molecule has 0 spiro atoms. The topological polar surface area (TPSA) is 40.5 Å². The van der Waals surface area contributed by atoms with Gasteiger partial charge in [0.25, 0.3) is 0 Å². The molecule has 1 aliphatic heterocycles. The van der Waals surface area contributed by atoms with Crippen molar-refractivity contribution < 1.29 is 14.3 Å². The lowest BCUT2D eigenvalue weighted by Crippen LogP contribution is -2.38. The zero-order valence-electron chi connectivity index (χ0n) is 12.9. The standard InChI is InChI=1S/C20H16FNO2/c21-17-9-4-10-18-16(17)11-19(20(23)24)22(18)12-14-7-3-6-13-5-1-2-8-15(13)14/h1-10,19H,11-12H2,(H,23,24). The highest BCUT2D eigenvalue weighted by atomic mass is 19.1. The maximum atomic E-state index is 14.1. The number of hydrogen-bond acceptors (Lipinski definition) is 2. The van der Waals surface area contributed by atoms with Gasteiger partial charge in [-0.1, -0.05) is 48.5 Å². The molecule has 1 aliphatic rings. The SMILES string of the molecule is O=C(O)C1Cc2c(F)cccc2N1Cc1cccc2ccccc12. The van der Waals surface area contributed by atoms with Gasteiger partial charge in [-0.2, -0.15) is 0 Å². The van der Waals surface area contributed by atoms with Crippen LogP contribution < -0.4 is 4.90 Å². The van der Waals surface area contributed by atoms with Crippen LogP contribution in [0.15, 0.2) is 60.7 Å². The normalized spacial score (nSPS) is 16.4. The lowest BCUT2D eigenvalue weighted by molar-refractivity contribution is -0.138. The van der Waals surface area contributed by atoms with Crippen molar-refractivity contribution in [2.45, 2.75) is 19.0 Å². The van der Waals surface area contributed by atoms with E-state index in [2.05, 4.69) is 0 Å². The van der Waals surface area contributed by atoms with Gasteiger partial charge in [0.05, 0.1) is 0 Å². The van der Waals surface area contributed by atoms with Gasteiger partial charge < -0.3 is 10.0 Å². The number of nitrogens with zero attached hydrogens (tertiary/aromatic N) is 1. The van der Waals surface area contributed by atoms with Crippen molar-refractivity contribution in [2.24, 2.45) is 0 Å². The van der Waals surface area contributed by atoms with Crippen molar-refractivity contribution >= 4 is 22.4 Å². The van der Waals surface area contributed by atoms with Crippen LogP contribution in [-0.2, 0) is 17.8 Å². The summed E-state index contributed by atoms with van der Waals surface area (Å²) in [5, 5.41) is 11.8. The summed E-state index contributed by atoms with van der Waals surface area (Å²) < 4.78 is 14.1. The first-order valence-electron chi connectivity index (χ1n) is 7.88. The lowest BCUT2D eigenvalue weighted by atomic mass is 10.0. The van der Waals surface area contributed by atoms with Gasteiger partial charge in [-0.15, -0.1) is 0 Å². The molecule has 120 valence electrons. The minimum absolute atomic E-state index is 0.197. The number of carboxylic acid groups (broad SMARTS) is 1. The highest BCUT2D eigenvalue weighted by molar-refractivity contribution is 5.87. The van der Waals surface area contributed by atoms with Crippen LogP contribution in [0.5, 0.6) is 0 Å². The molecule has 3 aromatic rings. The van der Waals surface area contributed by atoms with Gasteiger partial charge >= 0.3 is 5.97 Å². The molecule has 3 aromatic carbocycles. The second-order valence-corrected chi connectivity index (χ2v) is 6.06. The number of carbonyl (C=O) groups is 1. The van der Waals surface area contributed by atoms with Crippen LogP contribution in [-0.4, -0.2) is 17.1 Å². The van der Waals surface area contributed by atoms with Crippen LogP contribution in [0.3, 0.4) is 0 Å². The van der Waals surface area contributed by atoms with E-state index in [0.717, 1.165) is 16.3 Å². The number of carboxylic acids is 1. The zero-order chi connectivity index (χ0) is 16.7. The molecule has 0 aliphatic carbocycles. The summed E-state index contributed by atoms with van der Waals surface area (Å²) in [4.78, 5) is 13.5. The molecule has 0 radical (unpaired) electrons. The predicted molar refractivity (Wildman–Crippen MR) is 91.7 cm³/mol. The Balaban J connectivity index is 1.80. The summed E-state index contributed by atoms with van der Waals surface area (Å²) in [6.45, 7) is 0.439. The fourth-order valence-electron chi connectivity index (χ4n) is 3.52. The zero-order valence-corrected chi connectivity index (χ0v) is 12.9. The van der Waals surface area contributed by atoms with Crippen LogP contribution in [0.2, 0.25) is 0 Å². The molecule has 1 N–H and O–H groups in total. The largest absolute Gasteiger partial charge is 0.480 e. The number of anilines is 1. The van der Waals surface area contributed by atoms with E-state index in [-0.39, 0.29) is 12.2 Å². The average molecular weight is 321 g/mol. The van der Waals surface area contributed by atoms with Crippen molar-refractivity contribution in [2.75, 3.05) is 4.90 Å². The molecule has 24 heavy (non-hydrogen) atoms. The average Bonchev–Trinajstić information content (AvgIpc) is 2.96. The van der Waals surface area contributed by atoms with E-state index in [0.29, 0.717) is 17.8 Å². The van der Waals surface area contributed by atoms with Gasteiger partial charge in [0.2, 0.25) is 0 Å². The van der Waals surface area contributed by atoms with Crippen molar-refractivity contribution in [1.82, 2.24) is 0 Å². The van der Waals surface area contributed by atoms with E-state index in [9.17, 15) is 14.3 Å². The minimum atomic E-state index is -0.925. The molecule has 4 heteroatoms. The van der Waals surface area contributed by atoms with Crippen molar-refractivity contribution in [3.8, 4) is 0 Å². The Bertz CT molecular complexity index is 933. The van der Waals surface area contributed by atoms with Crippen LogP contribution in [0.25, 0.3) is 10.8 Å². The summed E-state index contributed by atoms with van der Waals surface area (Å²) in [7, 11) is 0. The number of halogens is 1. The van der Waals surface area contributed by atoms with Gasteiger partial charge in [-0.3, -0.25) is 0 Å². The second-order valence-electron chi connectivity index (χ2n) is 6.06. The van der Waals surface area contributed by atoms with E-state index in [1.807, 2.05) is 42.5 Å². The Morgan fingerprint density at radius 1 is 1.08 bits per heavy atom. The molecule has 0 fully saturated rings. The third-order valence-corrected chi connectivity index (χ3v) is 4.68. The van der Waals surface area contributed by atoms with Crippen LogP contribution >= 0.6 is 0 Å². The van der Waals surface area contributed by atoms with Gasteiger partial charge in [0.15, 0.2) is 0 Å². The molecule has 1 unspecified atom stereocenters. The van der Waals surface area contributed by atoms with Crippen molar-refractivity contribution in [3.05, 3.63) is 77.6 Å². The molecular weight excluding hydrogens is 305 g/mol. The van der Waals surface area contributed by atoms with Crippen molar-refractivity contribution in [3.63, 3.8) is 0 Å². The third kappa shape index (κ3) is 2.31. The first kappa shape index (κ1) is 14.7. The first-order chi connectivity index (χ1) is 11.6. The minimum Gasteiger partial charge on any atom is -0.480 e. The number of fused-ring (bicyclic) bond motifs is 2. The van der Waals surface area contributed by atoms with Crippen LogP contribution in [0.4, 0.5) is 10.1 Å². The Kier molecular flexibility index (Phi) is 3.45. The molecule has 0 aromatic heterocycles.